The SMILES string of the molecule is C=C(c1ccccc1)C(F)(F)F.CC(C)=O.CC(C)=O.O=CC(O)C(O)C(O)C(O)CO.c1ccc(COCc2ccccc2)cc1. The van der Waals surface area contributed by atoms with Gasteiger partial charge in [0.25, 0.3) is 0 Å². The maximum absolute atomic E-state index is 12.0. The molecule has 9 nitrogen and oxygen atoms in total. The molecule has 12 heteroatoms. The molecule has 3 rings (SSSR count). The third-order valence-electron chi connectivity index (χ3n) is 5.11. The molecule has 0 aliphatic heterocycles. The van der Waals surface area contributed by atoms with Gasteiger partial charge in [0.15, 0.2) is 6.29 Å². The predicted octanol–water partition coefficient (Wildman–Crippen LogP) is 4.48. The molecule has 0 heterocycles. The molecule has 4 atom stereocenters. The number of rotatable bonds is 10. The summed E-state index contributed by atoms with van der Waals surface area (Å²) in [7, 11) is 0. The van der Waals surface area contributed by atoms with Crippen LogP contribution in [0.3, 0.4) is 0 Å². The van der Waals surface area contributed by atoms with Crippen molar-refractivity contribution in [3.63, 3.8) is 0 Å². The van der Waals surface area contributed by atoms with Crippen molar-refractivity contribution in [3.8, 4) is 0 Å². The Morgan fingerprint density at radius 1 is 0.723 bits per heavy atom. The van der Waals surface area contributed by atoms with Gasteiger partial charge in [0.1, 0.15) is 36.0 Å². The minimum atomic E-state index is -4.33. The van der Waals surface area contributed by atoms with Crippen molar-refractivity contribution in [3.05, 3.63) is 114 Å². The van der Waals surface area contributed by atoms with E-state index in [0.717, 1.165) is 0 Å². The van der Waals surface area contributed by atoms with Crippen LogP contribution in [0.4, 0.5) is 13.2 Å². The highest BCUT2D eigenvalue weighted by Gasteiger charge is 2.32. The molecule has 47 heavy (non-hydrogen) atoms. The van der Waals surface area contributed by atoms with E-state index >= 15 is 0 Å². The second kappa shape index (κ2) is 26.1. The normalized spacial score (nSPS) is 12.6. The number of benzene rings is 3. The Kier molecular flexibility index (Phi) is 25.0. The standard InChI is InChI=1S/C14H14O.C9H7F3.C6H12O6.2C3H6O/c1-3-7-13(8-4-1)11-15-12-14-9-5-2-6-10-14;1-7(9(10,11)12)8-5-3-2-4-6-8;7-1-3(9)5(11)6(12)4(10)2-8;2*1-3(2)4/h1-10H,11-12H2;2-6H,1H2;1,3-6,8-12H,2H2;2*1-2H3. The zero-order valence-electron chi connectivity index (χ0n) is 26.9. The first-order valence-electron chi connectivity index (χ1n) is 14.2. The number of carbonyl (C=O) groups excluding carboxylic acids is 3. The minimum absolute atomic E-state index is 0.0258. The third kappa shape index (κ3) is 24.8. The van der Waals surface area contributed by atoms with Crippen LogP contribution >= 0.6 is 0 Å². The number of aldehydes is 1. The van der Waals surface area contributed by atoms with E-state index in [4.69, 9.17) is 30.3 Å². The lowest BCUT2D eigenvalue weighted by molar-refractivity contribution is -0.136. The lowest BCUT2D eigenvalue weighted by atomic mass is 10.0. The number of carbonyl (C=O) groups is 3. The molecule has 0 aliphatic rings. The highest BCUT2D eigenvalue weighted by atomic mass is 19.4. The number of Topliss-reactive ketones (excluding diaryl/α,β-unsaturated/α-hetero) is 2. The molecule has 0 saturated heterocycles. The van der Waals surface area contributed by atoms with Crippen LogP contribution in [-0.4, -0.2) is 80.6 Å². The van der Waals surface area contributed by atoms with Crippen molar-refractivity contribution in [2.75, 3.05) is 6.61 Å². The van der Waals surface area contributed by atoms with Gasteiger partial charge < -0.3 is 44.7 Å². The smallest absolute Gasteiger partial charge is 0.394 e. The Hall–Kier alpha value is -4.04. The molecular formula is C35H45F3O9. The van der Waals surface area contributed by atoms with Crippen LogP contribution in [0.2, 0.25) is 0 Å². The van der Waals surface area contributed by atoms with Gasteiger partial charge >= 0.3 is 6.18 Å². The highest BCUT2D eigenvalue weighted by Crippen LogP contribution is 2.31. The lowest BCUT2D eigenvalue weighted by Crippen LogP contribution is -2.46. The van der Waals surface area contributed by atoms with Gasteiger partial charge in [0.2, 0.25) is 0 Å². The first-order chi connectivity index (χ1) is 22.0. The molecule has 3 aromatic carbocycles. The Bertz CT molecular complexity index is 1200. The monoisotopic (exact) mass is 666 g/mol. The molecule has 0 spiro atoms. The minimum Gasteiger partial charge on any atom is -0.394 e. The summed E-state index contributed by atoms with van der Waals surface area (Å²) in [5, 5.41) is 43.5. The van der Waals surface area contributed by atoms with E-state index < -0.39 is 42.8 Å². The number of alkyl halides is 3. The van der Waals surface area contributed by atoms with E-state index in [1.807, 2.05) is 36.4 Å². The highest BCUT2D eigenvalue weighted by molar-refractivity contribution is 5.72. The van der Waals surface area contributed by atoms with Gasteiger partial charge in [0.05, 0.1) is 25.4 Å². The number of ketones is 2. The summed E-state index contributed by atoms with van der Waals surface area (Å²) in [5.41, 5.74) is 1.75. The summed E-state index contributed by atoms with van der Waals surface area (Å²) in [6.07, 6.45) is -11.2. The van der Waals surface area contributed by atoms with Gasteiger partial charge in [-0.1, -0.05) is 97.6 Å². The van der Waals surface area contributed by atoms with Gasteiger partial charge in [0, 0.05) is 0 Å². The fourth-order valence-electron chi connectivity index (χ4n) is 2.86. The molecule has 0 amide bonds. The number of hydrogen-bond acceptors (Lipinski definition) is 9. The first kappa shape index (κ1) is 45.1. The van der Waals surface area contributed by atoms with E-state index in [9.17, 15) is 27.6 Å². The van der Waals surface area contributed by atoms with E-state index in [0.29, 0.717) is 13.2 Å². The number of ether oxygens (including phenoxy) is 1. The fourth-order valence-corrected chi connectivity index (χ4v) is 2.86. The maximum Gasteiger partial charge on any atom is 0.416 e. The second-order valence-corrected chi connectivity index (χ2v) is 9.98. The topological polar surface area (TPSA) is 162 Å². The van der Waals surface area contributed by atoms with Crippen molar-refractivity contribution in [2.45, 2.75) is 71.5 Å². The van der Waals surface area contributed by atoms with Crippen molar-refractivity contribution in [2.24, 2.45) is 0 Å². The summed E-state index contributed by atoms with van der Waals surface area (Å²) in [6, 6.07) is 28.0. The van der Waals surface area contributed by atoms with E-state index in [1.165, 1.54) is 51.0 Å². The van der Waals surface area contributed by atoms with Crippen LogP contribution < -0.4 is 0 Å². The summed E-state index contributed by atoms with van der Waals surface area (Å²) in [6.45, 7) is 9.67. The predicted molar refractivity (Wildman–Crippen MR) is 173 cm³/mol. The van der Waals surface area contributed by atoms with E-state index in [2.05, 4.69) is 30.8 Å². The Labute approximate surface area is 273 Å². The molecule has 5 N–H and O–H groups in total. The lowest BCUT2D eigenvalue weighted by Gasteiger charge is -2.22. The van der Waals surface area contributed by atoms with Crippen LogP contribution in [0.25, 0.3) is 5.57 Å². The van der Waals surface area contributed by atoms with Crippen molar-refractivity contribution >= 4 is 23.4 Å². The number of allylic oxidation sites excluding steroid dienone is 1. The van der Waals surface area contributed by atoms with Crippen LogP contribution in [0, 0.1) is 0 Å². The molecule has 0 aromatic heterocycles. The van der Waals surface area contributed by atoms with E-state index in [1.54, 1.807) is 18.2 Å². The zero-order chi connectivity index (χ0) is 36.4. The molecule has 260 valence electrons. The molecule has 4 unspecified atom stereocenters. The van der Waals surface area contributed by atoms with Gasteiger partial charge in [-0.15, -0.1) is 0 Å². The third-order valence-corrected chi connectivity index (χ3v) is 5.11. The summed E-state index contributed by atoms with van der Waals surface area (Å²) < 4.78 is 41.7. The average Bonchev–Trinajstić information content (AvgIpc) is 3.04. The Morgan fingerprint density at radius 3 is 1.36 bits per heavy atom. The second-order valence-electron chi connectivity index (χ2n) is 9.98. The van der Waals surface area contributed by atoms with Crippen LogP contribution in [0.15, 0.2) is 97.6 Å². The molecule has 0 radical (unpaired) electrons. The largest absolute Gasteiger partial charge is 0.416 e. The van der Waals surface area contributed by atoms with Crippen molar-refractivity contribution in [1.82, 2.24) is 0 Å². The van der Waals surface area contributed by atoms with Gasteiger partial charge in [-0.3, -0.25) is 0 Å². The summed E-state index contributed by atoms with van der Waals surface area (Å²) in [4.78, 5) is 28.8. The molecule has 0 aliphatic carbocycles. The van der Waals surface area contributed by atoms with Gasteiger partial charge in [-0.25, -0.2) is 0 Å². The number of hydrogen-bond donors (Lipinski definition) is 5. The molecule has 0 bridgehead atoms. The van der Waals surface area contributed by atoms with E-state index in [-0.39, 0.29) is 23.4 Å². The Balaban J connectivity index is 0. The maximum atomic E-state index is 12.0. The molecule has 3 aromatic rings. The number of aliphatic hydroxyl groups excluding tert-OH is 5. The van der Waals surface area contributed by atoms with Crippen molar-refractivity contribution in [1.29, 1.82) is 0 Å². The number of aliphatic hydroxyl groups is 5. The molecule has 0 saturated carbocycles. The van der Waals surface area contributed by atoms with Crippen LogP contribution in [0.5, 0.6) is 0 Å². The quantitative estimate of drug-likeness (QED) is 0.197. The fraction of sp³-hybridized carbons (Fsp3) is 0.343. The van der Waals surface area contributed by atoms with Crippen LogP contribution in [-0.2, 0) is 32.3 Å². The van der Waals surface area contributed by atoms with Crippen molar-refractivity contribution < 1.29 is 57.8 Å². The van der Waals surface area contributed by atoms with Crippen LogP contribution in [0.1, 0.15) is 44.4 Å². The molecule has 0 fully saturated rings. The zero-order valence-corrected chi connectivity index (χ0v) is 26.9. The summed E-state index contributed by atoms with van der Waals surface area (Å²) in [5.74, 6) is 0.333. The Morgan fingerprint density at radius 2 is 1.06 bits per heavy atom. The average molecular weight is 667 g/mol. The van der Waals surface area contributed by atoms with Gasteiger partial charge in [-0.2, -0.15) is 13.2 Å². The molecular weight excluding hydrogens is 621 g/mol. The number of halogens is 3. The summed E-state index contributed by atoms with van der Waals surface area (Å²) >= 11 is 0. The first-order valence-corrected chi connectivity index (χ1v) is 14.2. The van der Waals surface area contributed by atoms with Gasteiger partial charge in [-0.05, 0) is 44.4 Å².